The van der Waals surface area contributed by atoms with Gasteiger partial charge in [-0.3, -0.25) is 11.3 Å². The Morgan fingerprint density at radius 1 is 1.10 bits per heavy atom. The van der Waals surface area contributed by atoms with Crippen molar-refractivity contribution in [3.8, 4) is 0 Å². The molecule has 0 bridgehead atoms. The average Bonchev–Trinajstić information content (AvgIpc) is 2.44. The molecule has 2 rings (SSSR count). The maximum atomic E-state index is 13.1. The van der Waals surface area contributed by atoms with E-state index in [2.05, 4.69) is 5.43 Å². The molecule has 0 saturated heterocycles. The zero-order valence-corrected chi connectivity index (χ0v) is 13.2. The minimum atomic E-state index is -0.224. The van der Waals surface area contributed by atoms with Crippen molar-refractivity contribution >= 4 is 23.2 Å². The molecular formula is C16H17Cl2FN2. The van der Waals surface area contributed by atoms with Gasteiger partial charge in [0.2, 0.25) is 0 Å². The van der Waals surface area contributed by atoms with Crippen molar-refractivity contribution in [3.05, 3.63) is 69.0 Å². The summed E-state index contributed by atoms with van der Waals surface area (Å²) in [6, 6.07) is 10.4. The first kappa shape index (κ1) is 16.2. The van der Waals surface area contributed by atoms with Gasteiger partial charge in [0, 0.05) is 6.04 Å². The predicted octanol–water partition coefficient (Wildman–Crippen LogP) is 4.06. The van der Waals surface area contributed by atoms with E-state index in [0.29, 0.717) is 22.9 Å². The van der Waals surface area contributed by atoms with Gasteiger partial charge in [-0.1, -0.05) is 35.3 Å². The molecule has 2 aromatic carbocycles. The lowest BCUT2D eigenvalue weighted by molar-refractivity contribution is 0.521. The van der Waals surface area contributed by atoms with E-state index < -0.39 is 0 Å². The Kier molecular flexibility index (Phi) is 5.59. The van der Waals surface area contributed by atoms with Crippen LogP contribution in [0.15, 0.2) is 36.4 Å². The van der Waals surface area contributed by atoms with Crippen molar-refractivity contribution in [2.24, 2.45) is 5.84 Å². The van der Waals surface area contributed by atoms with E-state index in [4.69, 9.17) is 29.0 Å². The van der Waals surface area contributed by atoms with Gasteiger partial charge in [0.05, 0.1) is 10.0 Å². The van der Waals surface area contributed by atoms with Gasteiger partial charge in [-0.05, 0) is 60.7 Å². The summed E-state index contributed by atoms with van der Waals surface area (Å²) in [5.41, 5.74) is 5.84. The molecule has 0 aliphatic heterocycles. The van der Waals surface area contributed by atoms with Crippen LogP contribution in [0.3, 0.4) is 0 Å². The second-order valence-electron chi connectivity index (χ2n) is 5.09. The molecule has 1 atom stereocenters. The third-order valence-corrected chi connectivity index (χ3v) is 4.21. The smallest absolute Gasteiger partial charge is 0.123 e. The van der Waals surface area contributed by atoms with Crippen molar-refractivity contribution in [3.63, 3.8) is 0 Å². The van der Waals surface area contributed by atoms with Crippen molar-refractivity contribution in [1.82, 2.24) is 5.43 Å². The van der Waals surface area contributed by atoms with E-state index in [1.807, 2.05) is 19.1 Å². The monoisotopic (exact) mass is 326 g/mol. The zero-order valence-electron chi connectivity index (χ0n) is 11.7. The minimum Gasteiger partial charge on any atom is -0.271 e. The highest BCUT2D eigenvalue weighted by Gasteiger charge is 2.12. The maximum absolute atomic E-state index is 13.1. The molecule has 0 spiro atoms. The predicted molar refractivity (Wildman–Crippen MR) is 86.1 cm³/mol. The molecule has 2 nitrogen and oxygen atoms in total. The Morgan fingerprint density at radius 3 is 2.48 bits per heavy atom. The molecule has 21 heavy (non-hydrogen) atoms. The van der Waals surface area contributed by atoms with E-state index in [0.717, 1.165) is 16.7 Å². The van der Waals surface area contributed by atoms with Gasteiger partial charge in [-0.2, -0.15) is 0 Å². The Morgan fingerprint density at radius 2 is 1.86 bits per heavy atom. The molecule has 1 unspecified atom stereocenters. The van der Waals surface area contributed by atoms with Gasteiger partial charge in [0.25, 0.3) is 0 Å². The molecule has 3 N–H and O–H groups in total. The Balaban J connectivity index is 2.10. The van der Waals surface area contributed by atoms with Crippen molar-refractivity contribution in [1.29, 1.82) is 0 Å². The summed E-state index contributed by atoms with van der Waals surface area (Å²) in [5, 5.41) is 1.06. The number of hydrogen-bond donors (Lipinski definition) is 2. The number of rotatable bonds is 5. The fourth-order valence-corrected chi connectivity index (χ4v) is 2.62. The van der Waals surface area contributed by atoms with E-state index >= 15 is 0 Å². The molecule has 112 valence electrons. The van der Waals surface area contributed by atoms with Crippen LogP contribution in [0.1, 0.15) is 16.7 Å². The van der Waals surface area contributed by atoms with E-state index in [-0.39, 0.29) is 11.9 Å². The molecule has 0 amide bonds. The van der Waals surface area contributed by atoms with Crippen molar-refractivity contribution in [2.75, 3.05) is 0 Å². The van der Waals surface area contributed by atoms with Crippen LogP contribution in [-0.4, -0.2) is 6.04 Å². The summed E-state index contributed by atoms with van der Waals surface area (Å²) in [6.45, 7) is 1.89. The molecule has 2 aromatic rings. The molecule has 0 aliphatic rings. The number of nitrogens with one attached hydrogen (secondary N) is 1. The van der Waals surface area contributed by atoms with Crippen LogP contribution in [0.5, 0.6) is 0 Å². The van der Waals surface area contributed by atoms with Gasteiger partial charge >= 0.3 is 0 Å². The van der Waals surface area contributed by atoms with Crippen LogP contribution in [0.25, 0.3) is 0 Å². The first-order valence-corrected chi connectivity index (χ1v) is 7.40. The Labute approximate surface area is 134 Å². The first-order valence-electron chi connectivity index (χ1n) is 6.64. The molecule has 0 radical (unpaired) electrons. The third kappa shape index (κ3) is 4.42. The number of benzene rings is 2. The van der Waals surface area contributed by atoms with Crippen LogP contribution in [0, 0.1) is 12.7 Å². The summed E-state index contributed by atoms with van der Waals surface area (Å²) < 4.78 is 13.1. The van der Waals surface area contributed by atoms with E-state index in [9.17, 15) is 4.39 Å². The third-order valence-electron chi connectivity index (χ3n) is 3.47. The average molecular weight is 327 g/mol. The first-order chi connectivity index (χ1) is 9.99. The van der Waals surface area contributed by atoms with Gasteiger partial charge in [0.1, 0.15) is 5.82 Å². The van der Waals surface area contributed by atoms with Crippen LogP contribution in [-0.2, 0) is 12.8 Å². The lowest BCUT2D eigenvalue weighted by Gasteiger charge is -2.17. The van der Waals surface area contributed by atoms with Gasteiger partial charge in [0.15, 0.2) is 0 Å². The highest BCUT2D eigenvalue weighted by atomic mass is 35.5. The van der Waals surface area contributed by atoms with Crippen LogP contribution in [0.2, 0.25) is 10.0 Å². The van der Waals surface area contributed by atoms with Gasteiger partial charge < -0.3 is 0 Å². The number of hydrazine groups is 1. The molecule has 0 fully saturated rings. The molecule has 0 heterocycles. The summed E-state index contributed by atoms with van der Waals surface area (Å²) >= 11 is 11.9. The SMILES string of the molecule is Cc1cc(F)ccc1CC(Cc1ccc(Cl)c(Cl)c1)NN. The Bertz CT molecular complexity index is 632. The molecule has 0 aliphatic carbocycles. The summed E-state index contributed by atoms with van der Waals surface area (Å²) in [5.74, 6) is 5.41. The molecule has 0 aromatic heterocycles. The normalized spacial score (nSPS) is 12.4. The lowest BCUT2D eigenvalue weighted by Crippen LogP contribution is -2.38. The van der Waals surface area contributed by atoms with E-state index in [1.165, 1.54) is 12.1 Å². The van der Waals surface area contributed by atoms with Crippen LogP contribution >= 0.6 is 23.2 Å². The van der Waals surface area contributed by atoms with Gasteiger partial charge in [-0.25, -0.2) is 4.39 Å². The summed E-state index contributed by atoms with van der Waals surface area (Å²) in [7, 11) is 0. The number of aryl methyl sites for hydroxylation is 1. The quantitative estimate of drug-likeness (QED) is 0.642. The highest BCUT2D eigenvalue weighted by Crippen LogP contribution is 2.23. The fourth-order valence-electron chi connectivity index (χ4n) is 2.29. The topological polar surface area (TPSA) is 38.0 Å². The summed E-state index contributed by atoms with van der Waals surface area (Å²) in [4.78, 5) is 0. The number of halogens is 3. The molecular weight excluding hydrogens is 310 g/mol. The zero-order chi connectivity index (χ0) is 15.4. The molecule has 5 heteroatoms. The second-order valence-corrected chi connectivity index (χ2v) is 5.91. The van der Waals surface area contributed by atoms with Crippen molar-refractivity contribution in [2.45, 2.75) is 25.8 Å². The molecule has 0 saturated carbocycles. The number of hydrogen-bond acceptors (Lipinski definition) is 2. The van der Waals surface area contributed by atoms with Gasteiger partial charge in [-0.15, -0.1) is 0 Å². The highest BCUT2D eigenvalue weighted by molar-refractivity contribution is 6.42. The largest absolute Gasteiger partial charge is 0.271 e. The Hall–Kier alpha value is -1.13. The van der Waals surface area contributed by atoms with Crippen molar-refractivity contribution < 1.29 is 4.39 Å². The minimum absolute atomic E-state index is 0.0337. The number of nitrogens with two attached hydrogens (primary N) is 1. The van der Waals surface area contributed by atoms with Crippen LogP contribution in [0.4, 0.5) is 4.39 Å². The standard InChI is InChI=1S/C16H17Cl2FN2/c1-10-6-13(19)4-3-12(10)9-14(21-20)7-11-2-5-15(17)16(18)8-11/h2-6,8,14,21H,7,9,20H2,1H3. The second kappa shape index (κ2) is 7.23. The van der Waals surface area contributed by atoms with E-state index in [1.54, 1.807) is 12.1 Å². The maximum Gasteiger partial charge on any atom is 0.123 e. The van der Waals surface area contributed by atoms with Crippen LogP contribution < -0.4 is 11.3 Å². The lowest BCUT2D eigenvalue weighted by atomic mass is 9.97. The fraction of sp³-hybridized carbons (Fsp3) is 0.250. The summed E-state index contributed by atoms with van der Waals surface area (Å²) in [6.07, 6.45) is 1.42.